The van der Waals surface area contributed by atoms with Crippen LogP contribution >= 0.6 is 0 Å². The molecule has 14 heteroatoms. The Morgan fingerprint density at radius 1 is 0.933 bits per heavy atom. The van der Waals surface area contributed by atoms with E-state index in [-0.39, 0.29) is 17.4 Å². The number of amides is 3. The lowest BCUT2D eigenvalue weighted by molar-refractivity contribution is -0.134. The van der Waals surface area contributed by atoms with Crippen LogP contribution in [0, 0.1) is 13.8 Å². The van der Waals surface area contributed by atoms with Crippen molar-refractivity contribution in [3.63, 3.8) is 0 Å². The number of ether oxygens (including phenoxy) is 2. The lowest BCUT2D eigenvalue weighted by atomic mass is 10.0. The van der Waals surface area contributed by atoms with Crippen molar-refractivity contribution in [3.8, 4) is 16.9 Å². The number of hydrogen-bond acceptors (Lipinski definition) is 11. The van der Waals surface area contributed by atoms with Gasteiger partial charge in [0.2, 0.25) is 5.91 Å². The molecular formula is C46H51N7O7. The molecule has 14 nitrogen and oxygen atoms in total. The van der Waals surface area contributed by atoms with Crippen molar-refractivity contribution in [2.24, 2.45) is 0 Å². The van der Waals surface area contributed by atoms with Crippen LogP contribution in [-0.4, -0.2) is 93.6 Å². The number of fused-ring (bicyclic) bond motifs is 2. The molecule has 3 aromatic carbocycles. The number of aromatic nitrogens is 3. The van der Waals surface area contributed by atoms with Crippen molar-refractivity contribution in [1.82, 2.24) is 29.8 Å². The molecule has 3 aliphatic rings. The molecule has 312 valence electrons. The van der Waals surface area contributed by atoms with Gasteiger partial charge in [0.05, 0.1) is 41.1 Å². The van der Waals surface area contributed by atoms with Gasteiger partial charge >= 0.3 is 5.97 Å². The molecule has 0 spiro atoms. The second kappa shape index (κ2) is 18.0. The maximum Gasteiger partial charge on any atom is 0.311 e. The minimum Gasteiger partial charge on any atom is -0.427 e. The number of nitrogens with zero attached hydrogens (tertiary/aromatic N) is 5. The fraction of sp³-hybridized carbons (Fsp3) is 0.391. The third-order valence-electron chi connectivity index (χ3n) is 11.6. The number of morpholine rings is 1. The van der Waals surface area contributed by atoms with Crippen molar-refractivity contribution in [3.05, 3.63) is 107 Å². The monoisotopic (exact) mass is 813 g/mol. The molecule has 5 aromatic rings. The zero-order chi connectivity index (χ0) is 41.8. The zero-order valence-electron chi connectivity index (χ0n) is 34.3. The molecule has 2 aromatic heterocycles. The topological polar surface area (TPSA) is 161 Å². The third kappa shape index (κ3) is 8.89. The van der Waals surface area contributed by atoms with Gasteiger partial charge in [-0.3, -0.25) is 29.0 Å². The van der Waals surface area contributed by atoms with Gasteiger partial charge in [0, 0.05) is 62.5 Å². The number of hydrogen-bond donors (Lipinski definition) is 2. The van der Waals surface area contributed by atoms with E-state index in [4.69, 9.17) is 19.0 Å². The summed E-state index contributed by atoms with van der Waals surface area (Å²) in [6.45, 7) is 13.4. The number of carbonyl (C=O) groups is 4. The smallest absolute Gasteiger partial charge is 0.311 e. The number of allylic oxidation sites excluding steroid dienone is 1. The van der Waals surface area contributed by atoms with Crippen LogP contribution in [0.2, 0.25) is 0 Å². The van der Waals surface area contributed by atoms with Gasteiger partial charge in [-0.15, -0.1) is 0 Å². The molecule has 0 bridgehead atoms. The first-order valence-corrected chi connectivity index (χ1v) is 20.9. The minimum absolute atomic E-state index is 0.275. The second-order valence-corrected chi connectivity index (χ2v) is 15.8. The lowest BCUT2D eigenvalue weighted by Gasteiger charge is -2.29. The van der Waals surface area contributed by atoms with E-state index in [2.05, 4.69) is 50.0 Å². The summed E-state index contributed by atoms with van der Waals surface area (Å²) in [7, 11) is 0. The second-order valence-electron chi connectivity index (χ2n) is 15.8. The van der Waals surface area contributed by atoms with Gasteiger partial charge in [-0.05, 0) is 99.5 Å². The van der Waals surface area contributed by atoms with Gasteiger partial charge in [0.1, 0.15) is 23.4 Å². The third-order valence-corrected chi connectivity index (χ3v) is 11.6. The minimum atomic E-state index is -0.841. The molecule has 5 heterocycles. The Bertz CT molecular complexity index is 2410. The Kier molecular flexibility index (Phi) is 12.2. The average molecular weight is 814 g/mol. The van der Waals surface area contributed by atoms with E-state index in [1.807, 2.05) is 38.1 Å². The van der Waals surface area contributed by atoms with Crippen molar-refractivity contribution in [2.45, 2.75) is 77.8 Å². The number of imidazole rings is 1. The van der Waals surface area contributed by atoms with Gasteiger partial charge in [-0.1, -0.05) is 36.4 Å². The number of unbranched alkanes of at least 4 members (excludes halogenated alkanes) is 2. The van der Waals surface area contributed by atoms with Crippen molar-refractivity contribution in [2.75, 3.05) is 44.7 Å². The fourth-order valence-corrected chi connectivity index (χ4v) is 8.36. The van der Waals surface area contributed by atoms with Crippen LogP contribution in [0.3, 0.4) is 0 Å². The highest BCUT2D eigenvalue weighted by molar-refractivity contribution is 6.23. The standard InChI is InChI=1S/C46H51N7O7/c1-29-8-17-40(44(55)48-29)53-45(56)36-16-13-34(28-37(36)46(53)57)47-20-6-4-5-7-42(54)59-35-14-9-32(10-15-35)11-19-41-49-38-27-33(43-30(2)50-60-31(43)3)12-18-39(38)52(41)22-21-51-23-25-58-26-24-51/h9-10,12-16,18,27-28,40,47H,1,4-8,11,17,19-26H2,2-3H3,(H,48,55). The predicted molar refractivity (Wildman–Crippen MR) is 226 cm³/mol. The van der Waals surface area contributed by atoms with Gasteiger partial charge in [-0.2, -0.15) is 0 Å². The first kappa shape index (κ1) is 40.7. The van der Waals surface area contributed by atoms with Crippen LogP contribution < -0.4 is 15.4 Å². The average Bonchev–Trinajstić information content (AvgIpc) is 3.86. The first-order chi connectivity index (χ1) is 29.1. The molecule has 2 N–H and O–H groups in total. The van der Waals surface area contributed by atoms with Gasteiger partial charge in [-0.25, -0.2) is 4.98 Å². The molecule has 0 radical (unpaired) electrons. The summed E-state index contributed by atoms with van der Waals surface area (Å²) >= 11 is 0. The normalized spacial score (nSPS) is 17.0. The van der Waals surface area contributed by atoms with E-state index in [1.165, 1.54) is 0 Å². The predicted octanol–water partition coefficient (Wildman–Crippen LogP) is 6.39. The lowest BCUT2D eigenvalue weighted by Crippen LogP contribution is -2.51. The van der Waals surface area contributed by atoms with Gasteiger partial charge in [0.15, 0.2) is 0 Å². The van der Waals surface area contributed by atoms with E-state index in [9.17, 15) is 19.2 Å². The van der Waals surface area contributed by atoms with Crippen molar-refractivity contribution in [1.29, 1.82) is 0 Å². The molecule has 1 atom stereocenters. The van der Waals surface area contributed by atoms with E-state index in [0.717, 1.165) is 115 Å². The number of piperidine rings is 1. The molecule has 2 fully saturated rings. The molecule has 0 aliphatic carbocycles. The van der Waals surface area contributed by atoms with Gasteiger partial charge < -0.3 is 29.2 Å². The summed E-state index contributed by atoms with van der Waals surface area (Å²) < 4.78 is 19.0. The highest BCUT2D eigenvalue weighted by atomic mass is 16.5. The summed E-state index contributed by atoms with van der Waals surface area (Å²) in [6, 6.07) is 18.4. The molecule has 60 heavy (non-hydrogen) atoms. The van der Waals surface area contributed by atoms with Crippen LogP contribution in [0.25, 0.3) is 22.2 Å². The molecule has 3 amide bonds. The number of anilines is 1. The maximum atomic E-state index is 13.2. The number of aryl methyl sites for hydroxylation is 4. The Balaban J connectivity index is 0.794. The summed E-state index contributed by atoms with van der Waals surface area (Å²) in [5.41, 5.74) is 8.00. The Morgan fingerprint density at radius 3 is 2.50 bits per heavy atom. The van der Waals surface area contributed by atoms with Crippen molar-refractivity contribution < 1.29 is 33.2 Å². The SMILES string of the molecule is C=C1CCC(N2C(=O)c3ccc(NCCCCCC(=O)Oc4ccc(CCc5nc6cc(-c7c(C)noc7C)ccc6n5CCN5CCOCC5)cc4)cc3C2=O)C(=O)N1. The van der Waals surface area contributed by atoms with E-state index >= 15 is 0 Å². The molecule has 2 saturated heterocycles. The highest BCUT2D eigenvalue weighted by Crippen LogP contribution is 2.32. The highest BCUT2D eigenvalue weighted by Gasteiger charge is 2.44. The van der Waals surface area contributed by atoms with Crippen LogP contribution in [0.1, 0.15) is 82.1 Å². The number of esters is 1. The zero-order valence-corrected chi connectivity index (χ0v) is 34.3. The van der Waals surface area contributed by atoms with E-state index < -0.39 is 17.9 Å². The summed E-state index contributed by atoms with van der Waals surface area (Å²) in [5, 5.41) is 10.1. The number of imide groups is 1. The number of benzene rings is 3. The molecular weight excluding hydrogens is 763 g/mol. The Labute approximate surface area is 348 Å². The van der Waals surface area contributed by atoms with Crippen molar-refractivity contribution >= 4 is 40.4 Å². The Hall–Kier alpha value is -6.12. The summed E-state index contributed by atoms with van der Waals surface area (Å²) in [6.07, 6.45) is 4.99. The first-order valence-electron chi connectivity index (χ1n) is 20.9. The molecule has 3 aliphatic heterocycles. The van der Waals surface area contributed by atoms with E-state index in [0.29, 0.717) is 54.9 Å². The van der Waals surface area contributed by atoms with Gasteiger partial charge in [0.25, 0.3) is 11.8 Å². The number of carbonyl (C=O) groups excluding carboxylic acids is 4. The number of nitrogens with one attached hydrogen (secondary N) is 2. The molecule has 1 unspecified atom stereocenters. The van der Waals surface area contributed by atoms with Crippen LogP contribution in [0.5, 0.6) is 5.75 Å². The number of rotatable bonds is 16. The van der Waals surface area contributed by atoms with E-state index in [1.54, 1.807) is 18.2 Å². The van der Waals surface area contributed by atoms with Crippen LogP contribution in [-0.2, 0) is 33.7 Å². The largest absolute Gasteiger partial charge is 0.427 e. The fourth-order valence-electron chi connectivity index (χ4n) is 8.36. The summed E-state index contributed by atoms with van der Waals surface area (Å²) in [5.74, 6) is 0.768. The summed E-state index contributed by atoms with van der Waals surface area (Å²) in [4.78, 5) is 60.0. The van der Waals surface area contributed by atoms with Crippen LogP contribution in [0.4, 0.5) is 5.69 Å². The molecule has 8 rings (SSSR count). The maximum absolute atomic E-state index is 13.2. The Morgan fingerprint density at radius 2 is 1.73 bits per heavy atom. The molecule has 0 saturated carbocycles. The van der Waals surface area contributed by atoms with Crippen LogP contribution in [0.15, 0.2) is 77.5 Å². The quantitative estimate of drug-likeness (QED) is 0.0492.